The third-order valence-corrected chi connectivity index (χ3v) is 3.44. The van der Waals surface area contributed by atoms with Crippen LogP contribution in [0.2, 0.25) is 0 Å². The van der Waals surface area contributed by atoms with Crippen LogP contribution in [-0.2, 0) is 32.6 Å². The Morgan fingerprint density at radius 1 is 0.960 bits per heavy atom. The van der Waals surface area contributed by atoms with E-state index in [0.717, 1.165) is 0 Å². The van der Waals surface area contributed by atoms with E-state index in [9.17, 15) is 0 Å². The second kappa shape index (κ2) is 17.7. The molecular formula is C24H35Zr-5. The Bertz CT molecular complexity index is 551. The van der Waals surface area contributed by atoms with E-state index in [1.165, 1.54) is 41.5 Å². The van der Waals surface area contributed by atoms with Crippen LogP contribution >= 0.6 is 0 Å². The zero-order valence-electron chi connectivity index (χ0n) is 17.0. The summed E-state index contributed by atoms with van der Waals surface area (Å²) < 4.78 is 0. The maximum atomic E-state index is 2.23. The molecule has 0 amide bonds. The summed E-state index contributed by atoms with van der Waals surface area (Å²) in [4.78, 5) is 0. The van der Waals surface area contributed by atoms with Crippen molar-refractivity contribution >= 4 is 0 Å². The van der Waals surface area contributed by atoms with Gasteiger partial charge in [0.2, 0.25) is 0 Å². The third-order valence-electron chi connectivity index (χ3n) is 3.44. The minimum Gasteiger partial charge on any atom is -0.358 e. The number of unbranched alkanes of at least 4 members (excludes halogenated alkanes) is 1. The molecule has 0 N–H and O–H groups in total. The molecule has 0 nitrogen and oxygen atoms in total. The van der Waals surface area contributed by atoms with E-state index in [1.807, 2.05) is 12.1 Å². The smallest absolute Gasteiger partial charge is 0 e. The van der Waals surface area contributed by atoms with Gasteiger partial charge < -0.3 is 14.9 Å². The summed E-state index contributed by atoms with van der Waals surface area (Å²) in [6, 6.07) is 23.2. The molecule has 0 fully saturated rings. The molecule has 0 saturated carbocycles. The molecule has 0 aliphatic carbocycles. The molecule has 0 heterocycles. The molecule has 3 aromatic carbocycles. The van der Waals surface area contributed by atoms with Crippen LogP contribution in [0.4, 0.5) is 0 Å². The minimum atomic E-state index is 0. The largest absolute Gasteiger partial charge is 0.358 e. The third kappa shape index (κ3) is 14.9. The molecule has 0 aliphatic rings. The molecule has 0 atom stereocenters. The van der Waals surface area contributed by atoms with E-state index in [1.54, 1.807) is 0 Å². The summed E-state index contributed by atoms with van der Waals surface area (Å²) >= 11 is 0. The van der Waals surface area contributed by atoms with Crippen LogP contribution in [0.1, 0.15) is 42.0 Å². The monoisotopic (exact) mass is 413 g/mol. The molecule has 25 heavy (non-hydrogen) atoms. The fourth-order valence-corrected chi connectivity index (χ4v) is 2.15. The quantitative estimate of drug-likeness (QED) is 0.392. The second-order valence-electron chi connectivity index (χ2n) is 5.82. The van der Waals surface area contributed by atoms with Gasteiger partial charge in [-0.2, -0.15) is 53.1 Å². The Labute approximate surface area is 176 Å². The van der Waals surface area contributed by atoms with Crippen LogP contribution in [-0.4, -0.2) is 0 Å². The zero-order chi connectivity index (χ0) is 16.2. The van der Waals surface area contributed by atoms with Gasteiger partial charge in [0.25, 0.3) is 0 Å². The van der Waals surface area contributed by atoms with E-state index >= 15 is 0 Å². The fourth-order valence-electron chi connectivity index (χ4n) is 2.15. The van der Waals surface area contributed by atoms with Crippen molar-refractivity contribution in [3.63, 3.8) is 0 Å². The van der Waals surface area contributed by atoms with Crippen LogP contribution in [0, 0.1) is 35.6 Å². The predicted molar refractivity (Wildman–Crippen MR) is 112 cm³/mol. The van der Waals surface area contributed by atoms with Crippen molar-refractivity contribution in [1.29, 1.82) is 0 Å². The van der Waals surface area contributed by atoms with Crippen molar-refractivity contribution in [2.24, 2.45) is 0 Å². The zero-order valence-corrected chi connectivity index (χ0v) is 19.4. The predicted octanol–water partition coefficient (Wildman–Crippen LogP) is 7.38. The topological polar surface area (TPSA) is 0 Å². The molecule has 0 aliphatic heterocycles. The molecule has 1 heteroatoms. The van der Waals surface area contributed by atoms with Gasteiger partial charge in [0.05, 0.1) is 0 Å². The second-order valence-corrected chi connectivity index (χ2v) is 5.82. The van der Waals surface area contributed by atoms with Crippen molar-refractivity contribution < 1.29 is 26.2 Å². The molecule has 0 spiro atoms. The van der Waals surface area contributed by atoms with Crippen molar-refractivity contribution in [2.45, 2.75) is 47.0 Å². The summed E-state index contributed by atoms with van der Waals surface area (Å²) in [6.07, 6.45) is 3.87. The van der Waals surface area contributed by atoms with Gasteiger partial charge in [0, 0.05) is 26.2 Å². The number of aryl methyl sites for hydroxylation is 4. The van der Waals surface area contributed by atoms with Crippen LogP contribution in [0.3, 0.4) is 0 Å². The average molecular weight is 415 g/mol. The average Bonchev–Trinajstić information content (AvgIpc) is 3.23. The van der Waals surface area contributed by atoms with Gasteiger partial charge in [0.1, 0.15) is 0 Å². The van der Waals surface area contributed by atoms with Gasteiger partial charge >= 0.3 is 0 Å². The molecule has 0 unspecified atom stereocenters. The number of rotatable bonds is 3. The molecule has 140 valence electrons. The van der Waals surface area contributed by atoms with Gasteiger partial charge in [0.15, 0.2) is 0 Å². The van der Waals surface area contributed by atoms with E-state index in [-0.39, 0.29) is 41.1 Å². The van der Waals surface area contributed by atoms with Gasteiger partial charge in [-0.3, -0.25) is 0 Å². The summed E-state index contributed by atoms with van der Waals surface area (Å²) in [5.74, 6) is 0. The number of hydrogen-bond donors (Lipinski definition) is 0. The SMILES string of the molecule is CCCC[c-]1cccc1.Cc1cc[c-](C)c1.Cc1ccc[cH-]1.[CH3-].[CH3-].[Zr]. The van der Waals surface area contributed by atoms with E-state index in [4.69, 9.17) is 0 Å². The molecule has 0 bridgehead atoms. The van der Waals surface area contributed by atoms with Crippen molar-refractivity contribution in [1.82, 2.24) is 0 Å². The van der Waals surface area contributed by atoms with Crippen LogP contribution in [0.25, 0.3) is 0 Å². The minimum absolute atomic E-state index is 0. The van der Waals surface area contributed by atoms with Gasteiger partial charge in [-0.25, -0.2) is 35.9 Å². The molecule has 0 saturated heterocycles. The molecule has 3 aromatic rings. The van der Waals surface area contributed by atoms with E-state index in [0.29, 0.717) is 0 Å². The van der Waals surface area contributed by atoms with Gasteiger partial charge in [-0.1, -0.05) is 47.0 Å². The van der Waals surface area contributed by atoms with Crippen LogP contribution < -0.4 is 0 Å². The Hall–Kier alpha value is -1.07. The fraction of sp³-hybridized carbons (Fsp3) is 0.292. The first-order valence-electron chi connectivity index (χ1n) is 8.20. The van der Waals surface area contributed by atoms with Crippen LogP contribution in [0.15, 0.2) is 66.7 Å². The first kappa shape index (κ1) is 28.7. The number of hydrogen-bond acceptors (Lipinski definition) is 0. The Morgan fingerprint density at radius 2 is 1.60 bits per heavy atom. The maximum absolute atomic E-state index is 2.23. The molecular weight excluding hydrogens is 379 g/mol. The standard InChI is InChI=1S/C9H13.C7H9.C6H7.2CH3.Zr/c1-2-3-6-9-7-4-5-8-9;1-6-3-4-7(2)5-6;1-6-4-2-3-5-6;;;/h4-5,7-8H,2-3,6H2,1H3;3-5H,1-2H3;2-5H,1H3;2*1H3;/q5*-1;. The van der Waals surface area contributed by atoms with Crippen molar-refractivity contribution in [2.75, 3.05) is 0 Å². The van der Waals surface area contributed by atoms with Gasteiger partial charge in [-0.15, -0.1) is 0 Å². The molecule has 0 radical (unpaired) electrons. The molecule has 0 aromatic heterocycles. The maximum Gasteiger partial charge on any atom is 0 e. The van der Waals surface area contributed by atoms with Gasteiger partial charge in [-0.05, 0) is 0 Å². The summed E-state index contributed by atoms with van der Waals surface area (Å²) in [7, 11) is 0. The Kier molecular flexibility index (Phi) is 20.4. The summed E-state index contributed by atoms with van der Waals surface area (Å²) in [5, 5.41) is 0. The Morgan fingerprint density at radius 3 is 1.88 bits per heavy atom. The first-order valence-corrected chi connectivity index (χ1v) is 8.20. The Balaban J connectivity index is -0.000000279. The molecule has 3 rings (SSSR count). The summed E-state index contributed by atoms with van der Waals surface area (Å²) in [6.45, 7) is 8.52. The van der Waals surface area contributed by atoms with Crippen LogP contribution in [0.5, 0.6) is 0 Å². The van der Waals surface area contributed by atoms with Crippen molar-refractivity contribution in [3.05, 3.63) is 104 Å². The normalized spacial score (nSPS) is 8.32. The first-order chi connectivity index (χ1) is 10.6. The van der Waals surface area contributed by atoms with Crippen molar-refractivity contribution in [3.8, 4) is 0 Å². The van der Waals surface area contributed by atoms with E-state index < -0.39 is 0 Å². The summed E-state index contributed by atoms with van der Waals surface area (Å²) in [5.41, 5.74) is 5.54. The van der Waals surface area contributed by atoms with E-state index in [2.05, 4.69) is 82.3 Å².